The Bertz CT molecular complexity index is 1330. The Morgan fingerprint density at radius 2 is 1.55 bits per heavy atom. The lowest BCUT2D eigenvalue weighted by Gasteiger charge is -2.43. The lowest BCUT2D eigenvalue weighted by atomic mass is 9.80. The Balaban J connectivity index is 0.000000283. The van der Waals surface area contributed by atoms with Gasteiger partial charge >= 0.3 is 12.1 Å². The number of rotatable bonds is 7. The van der Waals surface area contributed by atoms with E-state index in [-0.39, 0.29) is 11.6 Å². The number of hydrogen-bond donors (Lipinski definition) is 2. The molecule has 0 unspecified atom stereocenters. The van der Waals surface area contributed by atoms with Gasteiger partial charge in [-0.3, -0.25) is 0 Å². The number of carbonyl (C=O) groups excluding carboxylic acids is 1. The second kappa shape index (κ2) is 14.3. The number of nitrogens with one attached hydrogen (secondary N) is 1. The third kappa shape index (κ3) is 8.40. The van der Waals surface area contributed by atoms with Gasteiger partial charge in [0, 0.05) is 47.3 Å². The summed E-state index contributed by atoms with van der Waals surface area (Å²) >= 11 is 12.3. The number of urea groups is 1. The van der Waals surface area contributed by atoms with E-state index < -0.39 is 6.09 Å². The molecule has 2 aliphatic rings. The van der Waals surface area contributed by atoms with Crippen LogP contribution < -0.4 is 5.32 Å². The molecule has 7 nitrogen and oxygen atoms in total. The fraction of sp³-hybridized carbons (Fsp3) is 0.394. The lowest BCUT2D eigenvalue weighted by molar-refractivity contribution is 0.126. The molecule has 0 spiro atoms. The molecule has 3 aromatic rings. The van der Waals surface area contributed by atoms with Crippen LogP contribution in [-0.4, -0.2) is 72.7 Å². The normalized spacial score (nSPS) is 19.2. The predicted octanol–water partition coefficient (Wildman–Crippen LogP) is 7.16. The Morgan fingerprint density at radius 1 is 0.929 bits per heavy atom. The van der Waals surface area contributed by atoms with Crippen molar-refractivity contribution in [3.63, 3.8) is 0 Å². The monoisotopic (exact) mass is 610 g/mol. The average molecular weight is 612 g/mol. The topological polar surface area (TPSA) is 76.1 Å². The largest absolute Gasteiger partial charge is 0.465 e. The van der Waals surface area contributed by atoms with Gasteiger partial charge in [0.2, 0.25) is 0 Å². The summed E-state index contributed by atoms with van der Waals surface area (Å²) in [5.74, 6) is 1.25. The van der Waals surface area contributed by atoms with E-state index >= 15 is 0 Å². The van der Waals surface area contributed by atoms with Gasteiger partial charge < -0.3 is 25.1 Å². The standard InChI is InChI=1S/C24H29Cl2N3O.C9H11NO2/c1-28(2)23(30)27-24(19-6-4-3-5-7-19)10-12-29(13-11-24)16-18-14-20(18)17-8-9-21(25)22(26)15-17;1-10(9(11)12)7-8-5-3-2-4-6-8/h3-9,15,18,20H,10-14,16H2,1-2H3,(H,27,30);2-6H,7H2,1H3,(H,11,12)/t18-,20+;/m0./s1. The summed E-state index contributed by atoms with van der Waals surface area (Å²) in [7, 11) is 5.13. The second-order valence-electron chi connectivity index (χ2n) is 11.5. The smallest absolute Gasteiger partial charge is 0.407 e. The molecule has 0 aromatic heterocycles. The summed E-state index contributed by atoms with van der Waals surface area (Å²) < 4.78 is 0. The van der Waals surface area contributed by atoms with Crippen molar-refractivity contribution in [2.24, 2.45) is 5.92 Å². The maximum absolute atomic E-state index is 12.5. The van der Waals surface area contributed by atoms with Crippen molar-refractivity contribution in [3.05, 3.63) is 106 Å². The van der Waals surface area contributed by atoms with Crippen LogP contribution in [0.5, 0.6) is 0 Å². The van der Waals surface area contributed by atoms with Crippen LogP contribution >= 0.6 is 23.2 Å². The van der Waals surface area contributed by atoms with Crippen molar-refractivity contribution < 1.29 is 14.7 Å². The van der Waals surface area contributed by atoms with E-state index in [1.165, 1.54) is 22.4 Å². The number of likely N-dealkylation sites (tertiary alicyclic amines) is 1. The van der Waals surface area contributed by atoms with Crippen LogP contribution in [0, 0.1) is 5.92 Å². The van der Waals surface area contributed by atoms with Crippen molar-refractivity contribution in [3.8, 4) is 0 Å². The number of carbonyl (C=O) groups is 2. The molecule has 0 radical (unpaired) electrons. The summed E-state index contributed by atoms with van der Waals surface area (Å²) in [6.45, 7) is 3.49. The van der Waals surface area contributed by atoms with Gasteiger partial charge in [-0.25, -0.2) is 9.59 Å². The van der Waals surface area contributed by atoms with E-state index in [2.05, 4.69) is 40.5 Å². The molecular weight excluding hydrogens is 571 g/mol. The SMILES string of the molecule is CN(C)C(=O)NC1(c2ccccc2)CCN(C[C@@H]2C[C@@H]2c2ccc(Cl)c(Cl)c2)CC1.CN(Cc1ccccc1)C(=O)O. The number of amides is 3. The van der Waals surface area contributed by atoms with Gasteiger partial charge in [-0.15, -0.1) is 0 Å². The molecule has 2 atom stereocenters. The summed E-state index contributed by atoms with van der Waals surface area (Å²) in [6.07, 6.45) is 2.14. The zero-order valence-corrected chi connectivity index (χ0v) is 26.0. The van der Waals surface area contributed by atoms with Crippen LogP contribution in [0.25, 0.3) is 0 Å². The Morgan fingerprint density at radius 3 is 2.12 bits per heavy atom. The van der Waals surface area contributed by atoms with Gasteiger partial charge in [-0.1, -0.05) is 89.9 Å². The number of benzene rings is 3. The maximum Gasteiger partial charge on any atom is 0.407 e. The Labute approximate surface area is 259 Å². The number of nitrogens with zero attached hydrogens (tertiary/aromatic N) is 3. The molecule has 3 aromatic carbocycles. The van der Waals surface area contributed by atoms with Crippen molar-refractivity contribution in [2.45, 2.75) is 37.3 Å². The highest BCUT2D eigenvalue weighted by molar-refractivity contribution is 6.42. The molecule has 2 N–H and O–H groups in total. The second-order valence-corrected chi connectivity index (χ2v) is 12.3. The molecule has 2 fully saturated rings. The van der Waals surface area contributed by atoms with Crippen LogP contribution in [-0.2, 0) is 12.1 Å². The zero-order chi connectivity index (χ0) is 30.3. The minimum Gasteiger partial charge on any atom is -0.465 e. The van der Waals surface area contributed by atoms with Crippen molar-refractivity contribution >= 4 is 35.3 Å². The molecule has 3 amide bonds. The van der Waals surface area contributed by atoms with Gasteiger partial charge in [0.05, 0.1) is 15.6 Å². The molecular formula is C33H40Cl2N4O3. The first-order valence-electron chi connectivity index (χ1n) is 14.3. The minimum atomic E-state index is -0.904. The third-order valence-electron chi connectivity index (χ3n) is 8.16. The molecule has 1 aliphatic carbocycles. The first-order valence-corrected chi connectivity index (χ1v) is 15.0. The highest BCUT2D eigenvalue weighted by Gasteiger charge is 2.42. The molecule has 0 bridgehead atoms. The summed E-state index contributed by atoms with van der Waals surface area (Å²) in [6, 6.07) is 25.9. The third-order valence-corrected chi connectivity index (χ3v) is 8.90. The van der Waals surface area contributed by atoms with Crippen LogP contribution in [0.4, 0.5) is 9.59 Å². The van der Waals surface area contributed by atoms with E-state index in [1.54, 1.807) is 26.0 Å². The van der Waals surface area contributed by atoms with Crippen LogP contribution in [0.1, 0.15) is 41.9 Å². The summed E-state index contributed by atoms with van der Waals surface area (Å²) in [5, 5.41) is 13.1. The van der Waals surface area contributed by atoms with Gasteiger partial charge in [0.15, 0.2) is 0 Å². The first-order chi connectivity index (χ1) is 20.1. The van der Waals surface area contributed by atoms with E-state index in [1.807, 2.05) is 48.5 Å². The number of halogens is 2. The van der Waals surface area contributed by atoms with E-state index in [9.17, 15) is 9.59 Å². The van der Waals surface area contributed by atoms with E-state index in [0.717, 1.165) is 38.0 Å². The molecule has 9 heteroatoms. The lowest BCUT2D eigenvalue weighted by Crippen LogP contribution is -2.55. The number of piperidine rings is 1. The van der Waals surface area contributed by atoms with Crippen LogP contribution in [0.2, 0.25) is 10.0 Å². The quantitative estimate of drug-likeness (QED) is 0.298. The molecule has 1 heterocycles. The van der Waals surface area contributed by atoms with Crippen molar-refractivity contribution in [1.82, 2.24) is 20.0 Å². The van der Waals surface area contributed by atoms with E-state index in [0.29, 0.717) is 28.4 Å². The Hall–Kier alpha value is -3.26. The molecule has 224 valence electrons. The average Bonchev–Trinajstić information content (AvgIpc) is 3.76. The maximum atomic E-state index is 12.5. The van der Waals surface area contributed by atoms with Gasteiger partial charge in [0.25, 0.3) is 0 Å². The molecule has 1 saturated carbocycles. The molecule has 1 aliphatic heterocycles. The highest BCUT2D eigenvalue weighted by atomic mass is 35.5. The first kappa shape index (κ1) is 31.7. The predicted molar refractivity (Wildman–Crippen MR) is 169 cm³/mol. The highest BCUT2D eigenvalue weighted by Crippen LogP contribution is 2.49. The Kier molecular flexibility index (Phi) is 10.8. The fourth-order valence-corrected chi connectivity index (χ4v) is 5.84. The van der Waals surface area contributed by atoms with Crippen molar-refractivity contribution in [1.29, 1.82) is 0 Å². The molecule has 42 heavy (non-hydrogen) atoms. The van der Waals surface area contributed by atoms with E-state index in [4.69, 9.17) is 28.3 Å². The fourth-order valence-electron chi connectivity index (χ4n) is 5.53. The van der Waals surface area contributed by atoms with Gasteiger partial charge in [-0.05, 0) is 59.9 Å². The number of carboxylic acid groups (broad SMARTS) is 1. The zero-order valence-electron chi connectivity index (χ0n) is 24.5. The molecule has 5 rings (SSSR count). The van der Waals surface area contributed by atoms with Gasteiger partial charge in [-0.2, -0.15) is 0 Å². The number of hydrogen-bond acceptors (Lipinski definition) is 3. The van der Waals surface area contributed by atoms with Crippen molar-refractivity contribution in [2.75, 3.05) is 40.8 Å². The van der Waals surface area contributed by atoms with Crippen LogP contribution in [0.3, 0.4) is 0 Å². The van der Waals surface area contributed by atoms with Gasteiger partial charge in [0.1, 0.15) is 0 Å². The summed E-state index contributed by atoms with van der Waals surface area (Å²) in [5.41, 5.74) is 3.19. The summed E-state index contributed by atoms with van der Waals surface area (Å²) in [4.78, 5) is 28.3. The minimum absolute atomic E-state index is 0.0332. The van der Waals surface area contributed by atoms with Crippen LogP contribution in [0.15, 0.2) is 78.9 Å². The molecule has 1 saturated heterocycles.